The SMILES string of the molecule is N#Cc1cccc(CN2CC2)c1. The van der Waals surface area contributed by atoms with Gasteiger partial charge in [-0.3, -0.25) is 4.90 Å². The van der Waals surface area contributed by atoms with E-state index in [4.69, 9.17) is 5.26 Å². The van der Waals surface area contributed by atoms with Gasteiger partial charge in [0.15, 0.2) is 0 Å². The minimum atomic E-state index is 0.759. The Bertz CT molecular complexity index is 321. The molecule has 1 aliphatic rings. The van der Waals surface area contributed by atoms with E-state index < -0.39 is 0 Å². The van der Waals surface area contributed by atoms with Gasteiger partial charge in [-0.05, 0) is 17.7 Å². The summed E-state index contributed by atoms with van der Waals surface area (Å²) in [5.74, 6) is 0. The third-order valence-electron chi connectivity index (χ3n) is 2.00. The Hall–Kier alpha value is -1.33. The van der Waals surface area contributed by atoms with Gasteiger partial charge in [0.25, 0.3) is 0 Å². The lowest BCUT2D eigenvalue weighted by Crippen LogP contribution is -1.96. The largest absolute Gasteiger partial charge is 0.297 e. The lowest BCUT2D eigenvalue weighted by molar-refractivity contribution is 0.556. The summed E-state index contributed by atoms with van der Waals surface area (Å²) in [5.41, 5.74) is 2.00. The molecule has 2 rings (SSSR count). The van der Waals surface area contributed by atoms with Crippen LogP contribution < -0.4 is 0 Å². The standard InChI is InChI=1S/C10H10N2/c11-7-9-2-1-3-10(6-9)8-12-4-5-12/h1-3,6H,4-5,8H2. The molecule has 0 N–H and O–H groups in total. The molecule has 0 bridgehead atoms. The van der Waals surface area contributed by atoms with Crippen LogP contribution in [0.1, 0.15) is 11.1 Å². The number of benzene rings is 1. The Labute approximate surface area is 72.0 Å². The molecule has 0 radical (unpaired) electrons. The van der Waals surface area contributed by atoms with Crippen molar-refractivity contribution >= 4 is 0 Å². The lowest BCUT2D eigenvalue weighted by atomic mass is 10.1. The molecule has 0 atom stereocenters. The fourth-order valence-electron chi connectivity index (χ4n) is 1.23. The van der Waals surface area contributed by atoms with Crippen LogP contribution in [-0.2, 0) is 6.54 Å². The molecule has 0 spiro atoms. The van der Waals surface area contributed by atoms with E-state index in [2.05, 4.69) is 17.0 Å². The van der Waals surface area contributed by atoms with Gasteiger partial charge in [0.1, 0.15) is 0 Å². The van der Waals surface area contributed by atoms with Crippen LogP contribution in [0, 0.1) is 11.3 Å². The average Bonchev–Trinajstić information content (AvgIpc) is 2.89. The van der Waals surface area contributed by atoms with Crippen LogP contribution in [0.2, 0.25) is 0 Å². The van der Waals surface area contributed by atoms with Crippen LogP contribution >= 0.6 is 0 Å². The van der Waals surface area contributed by atoms with Crippen molar-refractivity contribution in [2.24, 2.45) is 0 Å². The van der Waals surface area contributed by atoms with E-state index in [1.54, 1.807) is 0 Å². The van der Waals surface area contributed by atoms with Crippen molar-refractivity contribution in [2.45, 2.75) is 6.54 Å². The second-order valence-electron chi connectivity index (χ2n) is 3.09. The molecule has 1 fully saturated rings. The summed E-state index contributed by atoms with van der Waals surface area (Å²) < 4.78 is 0. The Balaban J connectivity index is 2.15. The van der Waals surface area contributed by atoms with Gasteiger partial charge in [-0.15, -0.1) is 0 Å². The molecular formula is C10H10N2. The van der Waals surface area contributed by atoms with Gasteiger partial charge in [0.05, 0.1) is 11.6 Å². The van der Waals surface area contributed by atoms with E-state index in [-0.39, 0.29) is 0 Å². The zero-order valence-electron chi connectivity index (χ0n) is 6.83. The molecule has 12 heavy (non-hydrogen) atoms. The Morgan fingerprint density at radius 2 is 2.25 bits per heavy atom. The summed E-state index contributed by atoms with van der Waals surface area (Å²) in [4.78, 5) is 2.33. The predicted octanol–water partition coefficient (Wildman–Crippen LogP) is 1.37. The van der Waals surface area contributed by atoms with Crippen LogP contribution in [0.15, 0.2) is 24.3 Å². The van der Waals surface area contributed by atoms with E-state index >= 15 is 0 Å². The van der Waals surface area contributed by atoms with Crippen molar-refractivity contribution in [3.63, 3.8) is 0 Å². The first-order valence-corrected chi connectivity index (χ1v) is 4.10. The fourth-order valence-corrected chi connectivity index (χ4v) is 1.23. The van der Waals surface area contributed by atoms with Gasteiger partial charge >= 0.3 is 0 Å². The van der Waals surface area contributed by atoms with Crippen LogP contribution in [0.3, 0.4) is 0 Å². The second kappa shape index (κ2) is 2.96. The first-order chi connectivity index (χ1) is 5.88. The first-order valence-electron chi connectivity index (χ1n) is 4.10. The highest BCUT2D eigenvalue weighted by atomic mass is 15.2. The van der Waals surface area contributed by atoms with E-state index in [0.29, 0.717) is 0 Å². The van der Waals surface area contributed by atoms with Gasteiger partial charge in [-0.2, -0.15) is 5.26 Å². The molecular weight excluding hydrogens is 148 g/mol. The van der Waals surface area contributed by atoms with Crippen LogP contribution in [-0.4, -0.2) is 18.0 Å². The monoisotopic (exact) mass is 158 g/mol. The Kier molecular flexibility index (Phi) is 1.81. The van der Waals surface area contributed by atoms with Gasteiger partial charge in [-0.25, -0.2) is 0 Å². The zero-order chi connectivity index (χ0) is 8.39. The zero-order valence-corrected chi connectivity index (χ0v) is 6.83. The second-order valence-corrected chi connectivity index (χ2v) is 3.09. The number of rotatable bonds is 2. The van der Waals surface area contributed by atoms with Gasteiger partial charge < -0.3 is 0 Å². The number of nitriles is 1. The predicted molar refractivity (Wildman–Crippen MR) is 46.4 cm³/mol. The Morgan fingerprint density at radius 1 is 1.42 bits per heavy atom. The maximum absolute atomic E-state index is 8.65. The highest BCUT2D eigenvalue weighted by Gasteiger charge is 2.16. The quantitative estimate of drug-likeness (QED) is 0.608. The summed E-state index contributed by atoms with van der Waals surface area (Å²) >= 11 is 0. The minimum Gasteiger partial charge on any atom is -0.297 e. The molecule has 1 aliphatic heterocycles. The summed E-state index contributed by atoms with van der Waals surface area (Å²) in [6, 6.07) is 9.95. The van der Waals surface area contributed by atoms with E-state index in [9.17, 15) is 0 Å². The molecule has 0 amide bonds. The normalized spacial score (nSPS) is 15.6. The van der Waals surface area contributed by atoms with Crippen molar-refractivity contribution in [3.8, 4) is 6.07 Å². The number of hydrogen-bond acceptors (Lipinski definition) is 2. The highest BCUT2D eigenvalue weighted by Crippen LogP contribution is 2.12. The van der Waals surface area contributed by atoms with Crippen LogP contribution in [0.5, 0.6) is 0 Å². The molecule has 1 saturated heterocycles. The molecule has 0 aliphatic carbocycles. The molecule has 60 valence electrons. The number of nitrogens with zero attached hydrogens (tertiary/aromatic N) is 2. The maximum atomic E-state index is 8.65. The highest BCUT2D eigenvalue weighted by molar-refractivity contribution is 5.32. The summed E-state index contributed by atoms with van der Waals surface area (Å²) in [7, 11) is 0. The van der Waals surface area contributed by atoms with Crippen molar-refractivity contribution in [3.05, 3.63) is 35.4 Å². The minimum absolute atomic E-state index is 0.759. The molecule has 2 nitrogen and oxygen atoms in total. The van der Waals surface area contributed by atoms with Gasteiger partial charge in [0.2, 0.25) is 0 Å². The van der Waals surface area contributed by atoms with Crippen molar-refractivity contribution in [1.29, 1.82) is 5.26 Å². The maximum Gasteiger partial charge on any atom is 0.0991 e. The van der Waals surface area contributed by atoms with Crippen LogP contribution in [0.25, 0.3) is 0 Å². The van der Waals surface area contributed by atoms with E-state index in [0.717, 1.165) is 12.1 Å². The van der Waals surface area contributed by atoms with Crippen LogP contribution in [0.4, 0.5) is 0 Å². The summed E-state index contributed by atoms with van der Waals surface area (Å²) in [6.45, 7) is 3.41. The topological polar surface area (TPSA) is 26.8 Å². The molecule has 0 aromatic heterocycles. The average molecular weight is 158 g/mol. The van der Waals surface area contributed by atoms with Gasteiger partial charge in [0, 0.05) is 19.6 Å². The molecule has 1 aromatic carbocycles. The van der Waals surface area contributed by atoms with Gasteiger partial charge in [-0.1, -0.05) is 12.1 Å². The molecule has 1 aromatic rings. The molecule has 1 heterocycles. The third kappa shape index (κ3) is 1.63. The van der Waals surface area contributed by atoms with Crippen molar-refractivity contribution < 1.29 is 0 Å². The van der Waals surface area contributed by atoms with E-state index in [1.807, 2.05) is 18.2 Å². The first kappa shape index (κ1) is 7.33. The molecule has 0 unspecified atom stereocenters. The Morgan fingerprint density at radius 3 is 2.92 bits per heavy atom. The van der Waals surface area contributed by atoms with Crippen molar-refractivity contribution in [2.75, 3.05) is 13.1 Å². The lowest BCUT2D eigenvalue weighted by Gasteiger charge is -2.00. The smallest absolute Gasteiger partial charge is 0.0991 e. The molecule has 2 heteroatoms. The van der Waals surface area contributed by atoms with Crippen molar-refractivity contribution in [1.82, 2.24) is 4.90 Å². The fraction of sp³-hybridized carbons (Fsp3) is 0.300. The van der Waals surface area contributed by atoms with E-state index in [1.165, 1.54) is 18.7 Å². The third-order valence-corrected chi connectivity index (χ3v) is 2.00. The number of hydrogen-bond donors (Lipinski definition) is 0. The summed E-state index contributed by atoms with van der Waals surface area (Å²) in [6.07, 6.45) is 0. The molecule has 0 saturated carbocycles. The summed E-state index contributed by atoms with van der Waals surface area (Å²) in [5, 5.41) is 8.65.